The summed E-state index contributed by atoms with van der Waals surface area (Å²) in [6, 6.07) is 6.56. The maximum absolute atomic E-state index is 13.2. The fourth-order valence-corrected chi connectivity index (χ4v) is 4.05. The minimum absolute atomic E-state index is 0.222. The lowest BCUT2D eigenvalue weighted by Crippen LogP contribution is -2.29. The second-order valence-corrected chi connectivity index (χ2v) is 6.84. The van der Waals surface area contributed by atoms with E-state index < -0.39 is 0 Å². The molecule has 3 heteroatoms. The lowest BCUT2D eigenvalue weighted by molar-refractivity contribution is 0.424. The number of halogens is 1. The number of hydrogen-bond donors (Lipinski definition) is 1. The van der Waals surface area contributed by atoms with E-state index in [2.05, 4.69) is 37.7 Å². The van der Waals surface area contributed by atoms with E-state index in [-0.39, 0.29) is 5.82 Å². The molecule has 1 fully saturated rings. The standard InChI is InChI=1S/C21H26FNS/c1-5-6-20(18-11-13-23-14-12-18)21(24-4)16(3)15(2)17-7-9-19(22)10-8-17/h5-10,18,23H,1-2,11-14H2,3-4H3/b20-6-,21-16-. The van der Waals surface area contributed by atoms with E-state index in [0.29, 0.717) is 5.92 Å². The van der Waals surface area contributed by atoms with Crippen LogP contribution < -0.4 is 5.32 Å². The minimum atomic E-state index is -0.222. The lowest BCUT2D eigenvalue weighted by Gasteiger charge is -2.27. The molecule has 1 saturated heterocycles. The molecule has 128 valence electrons. The quantitative estimate of drug-likeness (QED) is 0.676. The van der Waals surface area contributed by atoms with Gasteiger partial charge < -0.3 is 5.32 Å². The Balaban J connectivity index is 2.38. The van der Waals surface area contributed by atoms with Gasteiger partial charge in [-0.15, -0.1) is 11.8 Å². The summed E-state index contributed by atoms with van der Waals surface area (Å²) in [5.41, 5.74) is 4.41. The molecule has 1 aliphatic rings. The van der Waals surface area contributed by atoms with Crippen molar-refractivity contribution >= 4 is 17.3 Å². The summed E-state index contributed by atoms with van der Waals surface area (Å²) in [5, 5.41) is 3.42. The third-order valence-corrected chi connectivity index (χ3v) is 5.48. The van der Waals surface area contributed by atoms with Gasteiger partial charge in [-0.05, 0) is 79.4 Å². The lowest BCUT2D eigenvalue weighted by atomic mass is 9.87. The predicted molar refractivity (Wildman–Crippen MR) is 106 cm³/mol. The molecule has 0 aliphatic carbocycles. The molecule has 0 unspecified atom stereocenters. The fourth-order valence-electron chi connectivity index (χ4n) is 3.15. The Morgan fingerprint density at radius 2 is 1.88 bits per heavy atom. The third-order valence-electron chi connectivity index (χ3n) is 4.53. The molecule has 1 aromatic rings. The van der Waals surface area contributed by atoms with Crippen LogP contribution >= 0.6 is 11.8 Å². The van der Waals surface area contributed by atoms with Crippen molar-refractivity contribution in [2.75, 3.05) is 19.3 Å². The first-order valence-electron chi connectivity index (χ1n) is 8.32. The number of allylic oxidation sites excluding steroid dienone is 5. The summed E-state index contributed by atoms with van der Waals surface area (Å²) in [6.45, 7) is 12.4. The van der Waals surface area contributed by atoms with Crippen LogP contribution in [0.1, 0.15) is 25.3 Å². The number of thioether (sulfide) groups is 1. The smallest absolute Gasteiger partial charge is 0.123 e. The van der Waals surface area contributed by atoms with E-state index in [1.54, 1.807) is 23.9 Å². The van der Waals surface area contributed by atoms with Gasteiger partial charge >= 0.3 is 0 Å². The van der Waals surface area contributed by atoms with Crippen molar-refractivity contribution in [3.63, 3.8) is 0 Å². The van der Waals surface area contributed by atoms with Crippen LogP contribution in [0.15, 0.2) is 65.6 Å². The van der Waals surface area contributed by atoms with Gasteiger partial charge in [-0.2, -0.15) is 0 Å². The monoisotopic (exact) mass is 343 g/mol. The largest absolute Gasteiger partial charge is 0.317 e. The van der Waals surface area contributed by atoms with Crippen LogP contribution in [0, 0.1) is 11.7 Å². The van der Waals surface area contributed by atoms with Crippen LogP contribution in [0.2, 0.25) is 0 Å². The molecule has 1 nitrogen and oxygen atoms in total. The fraction of sp³-hybridized carbons (Fsp3) is 0.333. The van der Waals surface area contributed by atoms with Gasteiger partial charge in [0.1, 0.15) is 5.82 Å². The van der Waals surface area contributed by atoms with Crippen LogP contribution in [-0.2, 0) is 0 Å². The zero-order chi connectivity index (χ0) is 17.5. The predicted octanol–water partition coefficient (Wildman–Crippen LogP) is 5.59. The van der Waals surface area contributed by atoms with Gasteiger partial charge in [0.2, 0.25) is 0 Å². The molecule has 0 spiro atoms. The number of piperidine rings is 1. The number of benzene rings is 1. The number of rotatable bonds is 6. The molecule has 24 heavy (non-hydrogen) atoms. The van der Waals surface area contributed by atoms with Crippen molar-refractivity contribution in [3.8, 4) is 0 Å². The molecule has 0 aromatic heterocycles. The zero-order valence-electron chi connectivity index (χ0n) is 14.6. The highest BCUT2D eigenvalue weighted by atomic mass is 32.2. The average Bonchev–Trinajstić information content (AvgIpc) is 2.62. The Morgan fingerprint density at radius 1 is 1.25 bits per heavy atom. The van der Waals surface area contributed by atoms with Crippen LogP contribution in [0.5, 0.6) is 0 Å². The zero-order valence-corrected chi connectivity index (χ0v) is 15.4. The summed E-state index contributed by atoms with van der Waals surface area (Å²) in [4.78, 5) is 1.26. The van der Waals surface area contributed by atoms with Crippen molar-refractivity contribution in [3.05, 3.63) is 77.0 Å². The maximum atomic E-state index is 13.2. The second-order valence-electron chi connectivity index (χ2n) is 6.03. The van der Waals surface area contributed by atoms with Gasteiger partial charge in [-0.25, -0.2) is 4.39 Å². The molecule has 1 N–H and O–H groups in total. The van der Waals surface area contributed by atoms with E-state index in [4.69, 9.17) is 0 Å². The summed E-state index contributed by atoms with van der Waals surface area (Å²) in [6.07, 6.45) is 8.40. The van der Waals surface area contributed by atoms with Crippen LogP contribution in [0.3, 0.4) is 0 Å². The van der Waals surface area contributed by atoms with E-state index in [9.17, 15) is 4.39 Å². The molecule has 0 bridgehead atoms. The first-order chi connectivity index (χ1) is 11.6. The van der Waals surface area contributed by atoms with Gasteiger partial charge in [0.25, 0.3) is 0 Å². The van der Waals surface area contributed by atoms with Crippen molar-refractivity contribution in [1.29, 1.82) is 0 Å². The molecule has 0 saturated carbocycles. The van der Waals surface area contributed by atoms with Gasteiger partial charge in [0.15, 0.2) is 0 Å². The van der Waals surface area contributed by atoms with Gasteiger partial charge in [0, 0.05) is 4.91 Å². The first-order valence-corrected chi connectivity index (χ1v) is 9.54. The first kappa shape index (κ1) is 18.8. The molecular weight excluding hydrogens is 317 g/mol. The van der Waals surface area contributed by atoms with E-state index in [1.165, 1.54) is 22.6 Å². The number of hydrogen-bond acceptors (Lipinski definition) is 2. The average molecular weight is 344 g/mol. The normalized spacial score (nSPS) is 17.4. The Labute approximate surface area is 149 Å². The molecule has 0 atom stereocenters. The van der Waals surface area contributed by atoms with Crippen LogP contribution in [0.4, 0.5) is 4.39 Å². The number of nitrogens with one attached hydrogen (secondary N) is 1. The molecule has 0 radical (unpaired) electrons. The molecular formula is C21H26FNS. The topological polar surface area (TPSA) is 12.0 Å². The van der Waals surface area contributed by atoms with Crippen molar-refractivity contribution in [1.82, 2.24) is 5.32 Å². The summed E-state index contributed by atoms with van der Waals surface area (Å²) in [5.74, 6) is 0.322. The highest BCUT2D eigenvalue weighted by Crippen LogP contribution is 2.38. The van der Waals surface area contributed by atoms with Crippen molar-refractivity contribution in [2.24, 2.45) is 5.92 Å². The second kappa shape index (κ2) is 9.05. The Bertz CT molecular complexity index is 649. The highest BCUT2D eigenvalue weighted by molar-refractivity contribution is 8.02. The Hall–Kier alpha value is -1.58. The van der Waals surface area contributed by atoms with Crippen molar-refractivity contribution in [2.45, 2.75) is 19.8 Å². The summed E-state index contributed by atoms with van der Waals surface area (Å²) < 4.78 is 13.2. The van der Waals surface area contributed by atoms with Crippen LogP contribution in [-0.4, -0.2) is 19.3 Å². The molecule has 1 aromatic carbocycles. The molecule has 2 rings (SSSR count). The van der Waals surface area contributed by atoms with Gasteiger partial charge in [0.05, 0.1) is 0 Å². The SMILES string of the molecule is C=C/C=C(\C(SC)=C(/C)C(=C)c1ccc(F)cc1)C1CCNCC1. The molecule has 1 aliphatic heterocycles. The van der Waals surface area contributed by atoms with E-state index in [0.717, 1.165) is 42.6 Å². The summed E-state index contributed by atoms with van der Waals surface area (Å²) in [7, 11) is 0. The molecule has 1 heterocycles. The molecule has 0 amide bonds. The van der Waals surface area contributed by atoms with Gasteiger partial charge in [-0.1, -0.05) is 37.4 Å². The maximum Gasteiger partial charge on any atom is 0.123 e. The Kier molecular flexibility index (Phi) is 7.07. The minimum Gasteiger partial charge on any atom is -0.317 e. The van der Waals surface area contributed by atoms with Gasteiger partial charge in [-0.3, -0.25) is 0 Å². The van der Waals surface area contributed by atoms with E-state index >= 15 is 0 Å². The Morgan fingerprint density at radius 3 is 2.42 bits per heavy atom. The third kappa shape index (κ3) is 4.49. The summed E-state index contributed by atoms with van der Waals surface area (Å²) >= 11 is 1.75. The van der Waals surface area contributed by atoms with Crippen molar-refractivity contribution < 1.29 is 4.39 Å². The van der Waals surface area contributed by atoms with E-state index in [1.807, 2.05) is 6.08 Å². The highest BCUT2D eigenvalue weighted by Gasteiger charge is 2.22. The van der Waals surface area contributed by atoms with Crippen LogP contribution in [0.25, 0.3) is 5.57 Å².